The summed E-state index contributed by atoms with van der Waals surface area (Å²) < 4.78 is 0. The van der Waals surface area contributed by atoms with Gasteiger partial charge in [0, 0.05) is 25.7 Å². The molecule has 2 aromatic rings. The minimum absolute atomic E-state index is 0.202. The van der Waals surface area contributed by atoms with E-state index >= 15 is 0 Å². The van der Waals surface area contributed by atoms with Gasteiger partial charge in [-0.3, -0.25) is 4.79 Å². The van der Waals surface area contributed by atoms with Crippen LogP contribution in [0.3, 0.4) is 0 Å². The fraction of sp³-hybridized carbons (Fsp3) is 0.350. The number of aryl methyl sites for hydroxylation is 1. The standard InChI is InChI=1S/C20H23NO2/c1-13(22)20(23)18-6-4-5-15-9-12-17(19(15)18)14-7-10-16(11-8-14)21(2)3/h4-8,10-11,17,20,23H,9,12H2,1-3H3. The maximum absolute atomic E-state index is 11.7. The number of aliphatic hydroxyl groups is 1. The average molecular weight is 309 g/mol. The van der Waals surface area contributed by atoms with Gasteiger partial charge in [-0.25, -0.2) is 0 Å². The van der Waals surface area contributed by atoms with Crippen LogP contribution in [0.1, 0.15) is 47.6 Å². The highest BCUT2D eigenvalue weighted by Crippen LogP contribution is 2.42. The van der Waals surface area contributed by atoms with Gasteiger partial charge in [0.15, 0.2) is 5.78 Å². The van der Waals surface area contributed by atoms with E-state index in [1.165, 1.54) is 23.7 Å². The molecule has 1 aliphatic rings. The molecule has 0 spiro atoms. The van der Waals surface area contributed by atoms with Crippen molar-refractivity contribution < 1.29 is 9.90 Å². The topological polar surface area (TPSA) is 40.5 Å². The van der Waals surface area contributed by atoms with Gasteiger partial charge in [0.25, 0.3) is 0 Å². The third-order valence-corrected chi connectivity index (χ3v) is 4.77. The van der Waals surface area contributed by atoms with E-state index in [4.69, 9.17) is 0 Å². The smallest absolute Gasteiger partial charge is 0.162 e. The minimum atomic E-state index is -1.02. The lowest BCUT2D eigenvalue weighted by atomic mass is 9.87. The van der Waals surface area contributed by atoms with Crippen LogP contribution in [0.4, 0.5) is 5.69 Å². The molecular weight excluding hydrogens is 286 g/mol. The van der Waals surface area contributed by atoms with E-state index in [1.54, 1.807) is 0 Å². The van der Waals surface area contributed by atoms with Crippen molar-refractivity contribution in [3.63, 3.8) is 0 Å². The van der Waals surface area contributed by atoms with Gasteiger partial charge in [-0.05, 0) is 54.2 Å². The number of carbonyl (C=O) groups excluding carboxylic acids is 1. The normalized spacial score (nSPS) is 17.7. The van der Waals surface area contributed by atoms with Crippen LogP contribution in [0.5, 0.6) is 0 Å². The fourth-order valence-corrected chi connectivity index (χ4v) is 3.52. The minimum Gasteiger partial charge on any atom is -0.381 e. The van der Waals surface area contributed by atoms with Crippen LogP contribution in [0, 0.1) is 0 Å². The van der Waals surface area contributed by atoms with Gasteiger partial charge in [-0.1, -0.05) is 30.3 Å². The molecule has 0 saturated carbocycles. The van der Waals surface area contributed by atoms with Gasteiger partial charge >= 0.3 is 0 Å². The number of fused-ring (bicyclic) bond motifs is 1. The molecule has 3 nitrogen and oxygen atoms in total. The van der Waals surface area contributed by atoms with Crippen molar-refractivity contribution >= 4 is 11.5 Å². The molecule has 3 heteroatoms. The predicted octanol–water partition coefficient (Wildman–Crippen LogP) is 3.45. The molecule has 0 radical (unpaired) electrons. The number of benzene rings is 2. The second-order valence-electron chi connectivity index (χ2n) is 6.51. The quantitative estimate of drug-likeness (QED) is 0.940. The molecule has 2 atom stereocenters. The molecule has 1 N–H and O–H groups in total. The Balaban J connectivity index is 2.02. The highest BCUT2D eigenvalue weighted by Gasteiger charge is 2.29. The molecule has 120 valence electrons. The van der Waals surface area contributed by atoms with Crippen molar-refractivity contribution in [2.75, 3.05) is 19.0 Å². The molecule has 23 heavy (non-hydrogen) atoms. The van der Waals surface area contributed by atoms with Crippen LogP contribution in [0.15, 0.2) is 42.5 Å². The molecule has 0 heterocycles. The second-order valence-corrected chi connectivity index (χ2v) is 6.51. The van der Waals surface area contributed by atoms with Gasteiger partial charge < -0.3 is 10.0 Å². The van der Waals surface area contributed by atoms with Gasteiger partial charge in [0.1, 0.15) is 6.10 Å². The summed E-state index contributed by atoms with van der Waals surface area (Å²) in [6.07, 6.45) is 0.998. The lowest BCUT2D eigenvalue weighted by Crippen LogP contribution is -2.12. The Kier molecular flexibility index (Phi) is 4.22. The molecule has 2 aromatic carbocycles. The number of rotatable bonds is 4. The number of nitrogens with zero attached hydrogens (tertiary/aromatic N) is 1. The average Bonchev–Trinajstić information content (AvgIpc) is 2.98. The van der Waals surface area contributed by atoms with Crippen molar-refractivity contribution in [2.45, 2.75) is 31.8 Å². The first-order valence-corrected chi connectivity index (χ1v) is 8.06. The molecule has 1 aliphatic carbocycles. The number of Topliss-reactive ketones (excluding diaryl/α,β-unsaturated/α-hetero) is 1. The number of hydrogen-bond acceptors (Lipinski definition) is 3. The van der Waals surface area contributed by atoms with E-state index in [2.05, 4.69) is 35.2 Å². The molecule has 0 aliphatic heterocycles. The summed E-state index contributed by atoms with van der Waals surface area (Å²) >= 11 is 0. The van der Waals surface area contributed by atoms with Crippen LogP contribution in [-0.4, -0.2) is 25.0 Å². The first-order valence-electron chi connectivity index (χ1n) is 8.06. The number of carbonyl (C=O) groups is 1. The molecular formula is C20H23NO2. The molecule has 0 saturated heterocycles. The molecule has 0 aromatic heterocycles. The molecule has 0 amide bonds. The molecule has 3 rings (SSSR count). The Labute approximate surface area is 137 Å². The van der Waals surface area contributed by atoms with Gasteiger partial charge in [-0.2, -0.15) is 0 Å². The third-order valence-electron chi connectivity index (χ3n) is 4.77. The number of ketones is 1. The highest BCUT2D eigenvalue weighted by atomic mass is 16.3. The Hall–Kier alpha value is -2.13. The van der Waals surface area contributed by atoms with Crippen molar-refractivity contribution in [3.05, 3.63) is 64.7 Å². The van der Waals surface area contributed by atoms with Crippen LogP contribution < -0.4 is 4.90 Å². The third kappa shape index (κ3) is 2.89. The number of aliphatic hydroxyl groups excluding tert-OH is 1. The van der Waals surface area contributed by atoms with Crippen LogP contribution in [0.25, 0.3) is 0 Å². The Morgan fingerprint density at radius 1 is 1.17 bits per heavy atom. The lowest BCUT2D eigenvalue weighted by molar-refractivity contribution is -0.125. The van der Waals surface area contributed by atoms with Crippen LogP contribution in [-0.2, 0) is 11.2 Å². The maximum atomic E-state index is 11.7. The Morgan fingerprint density at radius 2 is 1.87 bits per heavy atom. The van der Waals surface area contributed by atoms with Gasteiger partial charge in [-0.15, -0.1) is 0 Å². The van der Waals surface area contributed by atoms with Crippen LogP contribution in [0.2, 0.25) is 0 Å². The molecule has 0 fully saturated rings. The lowest BCUT2D eigenvalue weighted by Gasteiger charge is -2.20. The van der Waals surface area contributed by atoms with Crippen molar-refractivity contribution in [1.29, 1.82) is 0 Å². The maximum Gasteiger partial charge on any atom is 0.162 e. The SMILES string of the molecule is CC(=O)C(O)c1cccc2c1C(c1ccc(N(C)C)cc1)CC2. The summed E-state index contributed by atoms with van der Waals surface area (Å²) in [5.41, 5.74) is 5.59. The van der Waals surface area contributed by atoms with Gasteiger partial charge in [0.2, 0.25) is 0 Å². The first-order chi connectivity index (χ1) is 11.0. The zero-order valence-corrected chi connectivity index (χ0v) is 13.9. The van der Waals surface area contributed by atoms with Crippen molar-refractivity contribution in [1.82, 2.24) is 0 Å². The highest BCUT2D eigenvalue weighted by molar-refractivity contribution is 5.82. The van der Waals surface area contributed by atoms with E-state index in [0.29, 0.717) is 0 Å². The van der Waals surface area contributed by atoms with Gasteiger partial charge in [0.05, 0.1) is 0 Å². The summed E-state index contributed by atoms with van der Waals surface area (Å²) in [7, 11) is 4.06. The van der Waals surface area contributed by atoms with E-state index < -0.39 is 6.10 Å². The summed E-state index contributed by atoms with van der Waals surface area (Å²) in [5, 5.41) is 10.3. The first kappa shape index (κ1) is 15.8. The summed E-state index contributed by atoms with van der Waals surface area (Å²) in [6.45, 7) is 1.44. The number of anilines is 1. The molecule has 0 bridgehead atoms. The predicted molar refractivity (Wildman–Crippen MR) is 93.0 cm³/mol. The van der Waals surface area contributed by atoms with Crippen LogP contribution >= 0.6 is 0 Å². The zero-order chi connectivity index (χ0) is 16.6. The zero-order valence-electron chi connectivity index (χ0n) is 13.9. The van der Waals surface area contributed by atoms with Crippen molar-refractivity contribution in [3.8, 4) is 0 Å². The summed E-state index contributed by atoms with van der Waals surface area (Å²) in [5.74, 6) is 0.0541. The summed E-state index contributed by atoms with van der Waals surface area (Å²) in [6, 6.07) is 14.5. The Bertz CT molecular complexity index is 719. The summed E-state index contributed by atoms with van der Waals surface area (Å²) in [4.78, 5) is 13.7. The largest absolute Gasteiger partial charge is 0.381 e. The van der Waals surface area contributed by atoms with E-state index in [1.807, 2.05) is 26.2 Å². The van der Waals surface area contributed by atoms with Crippen molar-refractivity contribution in [2.24, 2.45) is 0 Å². The molecule has 2 unspecified atom stereocenters. The second kappa shape index (κ2) is 6.17. The fourth-order valence-electron chi connectivity index (χ4n) is 3.52. The van der Waals surface area contributed by atoms with E-state index in [0.717, 1.165) is 24.0 Å². The number of hydrogen-bond donors (Lipinski definition) is 1. The van der Waals surface area contributed by atoms with E-state index in [9.17, 15) is 9.90 Å². The monoisotopic (exact) mass is 309 g/mol. The van der Waals surface area contributed by atoms with E-state index in [-0.39, 0.29) is 11.7 Å². The Morgan fingerprint density at radius 3 is 2.48 bits per heavy atom.